The van der Waals surface area contributed by atoms with Gasteiger partial charge in [-0.15, -0.1) is 0 Å². The molecule has 14 heavy (non-hydrogen) atoms. The second-order valence-electron chi connectivity index (χ2n) is 3.86. The van der Waals surface area contributed by atoms with E-state index in [1.165, 1.54) is 17.5 Å². The molecule has 0 aliphatic carbocycles. The first kappa shape index (κ1) is 9.69. The Bertz CT molecular complexity index is 275. The molecule has 2 heteroatoms. The lowest BCUT2D eigenvalue weighted by Gasteiger charge is -2.09. The Morgan fingerprint density at radius 3 is 2.71 bits per heavy atom. The Kier molecular flexibility index (Phi) is 3.17. The van der Waals surface area contributed by atoms with Crippen LogP contribution in [0.2, 0.25) is 0 Å². The molecule has 1 atom stereocenters. The first-order valence-corrected chi connectivity index (χ1v) is 5.18. The first-order chi connectivity index (χ1) is 6.90. The molecule has 1 N–H and O–H groups in total. The second-order valence-corrected chi connectivity index (χ2v) is 3.86. The maximum atomic E-state index is 5.08. The van der Waals surface area contributed by atoms with Crippen molar-refractivity contribution in [3.05, 3.63) is 35.4 Å². The average Bonchev–Trinajstić information content (AvgIpc) is 2.72. The van der Waals surface area contributed by atoms with Gasteiger partial charge in [-0.2, -0.15) is 0 Å². The van der Waals surface area contributed by atoms with Crippen molar-refractivity contribution in [2.45, 2.75) is 18.9 Å². The van der Waals surface area contributed by atoms with E-state index in [0.29, 0.717) is 12.5 Å². The molecule has 1 saturated heterocycles. The number of hydrogen-bond donors (Lipinski definition) is 1. The smallest absolute Gasteiger partial charge is 0.0713 e. The molecule has 1 unspecified atom stereocenters. The van der Waals surface area contributed by atoms with Gasteiger partial charge in [-0.1, -0.05) is 24.3 Å². The third-order valence-electron chi connectivity index (χ3n) is 2.82. The Labute approximate surface area is 85.3 Å². The van der Waals surface area contributed by atoms with E-state index >= 15 is 0 Å². The SMILES string of the molecule is COCc1ccc(C2CCNC2)cc1. The van der Waals surface area contributed by atoms with E-state index in [4.69, 9.17) is 4.74 Å². The van der Waals surface area contributed by atoms with E-state index in [2.05, 4.69) is 29.6 Å². The molecule has 1 heterocycles. The quantitative estimate of drug-likeness (QED) is 0.788. The molecule has 1 fully saturated rings. The number of nitrogens with one attached hydrogen (secondary N) is 1. The minimum absolute atomic E-state index is 0.712. The number of hydrogen-bond acceptors (Lipinski definition) is 2. The summed E-state index contributed by atoms with van der Waals surface area (Å²) in [6, 6.07) is 8.78. The zero-order valence-corrected chi connectivity index (χ0v) is 8.62. The lowest BCUT2D eigenvalue weighted by Crippen LogP contribution is -2.07. The van der Waals surface area contributed by atoms with Crippen LogP contribution in [0.1, 0.15) is 23.5 Å². The van der Waals surface area contributed by atoms with Gasteiger partial charge in [0.2, 0.25) is 0 Å². The highest BCUT2D eigenvalue weighted by atomic mass is 16.5. The standard InChI is InChI=1S/C12H17NO/c1-14-9-10-2-4-11(5-3-10)12-6-7-13-8-12/h2-5,12-13H,6-9H2,1H3. The monoisotopic (exact) mass is 191 g/mol. The second kappa shape index (κ2) is 4.58. The minimum Gasteiger partial charge on any atom is -0.380 e. The molecule has 0 amide bonds. The van der Waals surface area contributed by atoms with Crippen LogP contribution in [0.5, 0.6) is 0 Å². The van der Waals surface area contributed by atoms with Gasteiger partial charge in [0.05, 0.1) is 6.61 Å². The molecular weight excluding hydrogens is 174 g/mol. The maximum absolute atomic E-state index is 5.08. The fraction of sp³-hybridized carbons (Fsp3) is 0.500. The minimum atomic E-state index is 0.712. The van der Waals surface area contributed by atoms with Crippen LogP contribution in [0.4, 0.5) is 0 Å². The number of rotatable bonds is 3. The van der Waals surface area contributed by atoms with Gasteiger partial charge in [0, 0.05) is 13.7 Å². The van der Waals surface area contributed by atoms with E-state index in [-0.39, 0.29) is 0 Å². The van der Waals surface area contributed by atoms with Crippen LogP contribution < -0.4 is 5.32 Å². The zero-order valence-electron chi connectivity index (χ0n) is 8.62. The molecule has 0 radical (unpaired) electrons. The lowest BCUT2D eigenvalue weighted by atomic mass is 9.97. The molecule has 1 aromatic rings. The van der Waals surface area contributed by atoms with Gasteiger partial charge in [0.25, 0.3) is 0 Å². The predicted octanol–water partition coefficient (Wildman–Crippen LogP) is 1.91. The van der Waals surface area contributed by atoms with Crippen molar-refractivity contribution in [2.75, 3.05) is 20.2 Å². The summed E-state index contributed by atoms with van der Waals surface area (Å²) in [5, 5.41) is 3.39. The molecule has 1 aliphatic heterocycles. The highest BCUT2D eigenvalue weighted by Crippen LogP contribution is 2.22. The summed E-state index contributed by atoms with van der Waals surface area (Å²) in [7, 11) is 1.73. The van der Waals surface area contributed by atoms with Crippen molar-refractivity contribution in [3.63, 3.8) is 0 Å². The molecule has 2 nitrogen and oxygen atoms in total. The van der Waals surface area contributed by atoms with Crippen molar-refractivity contribution in [1.82, 2.24) is 5.32 Å². The summed E-state index contributed by atoms with van der Waals surface area (Å²) in [5.41, 5.74) is 2.71. The normalized spacial score (nSPS) is 21.4. The zero-order chi connectivity index (χ0) is 9.80. The third-order valence-corrected chi connectivity index (χ3v) is 2.82. The summed E-state index contributed by atoms with van der Waals surface area (Å²) in [6.07, 6.45) is 1.27. The van der Waals surface area contributed by atoms with E-state index in [1.54, 1.807) is 7.11 Å². The van der Waals surface area contributed by atoms with Crippen LogP contribution in [0, 0.1) is 0 Å². The molecule has 1 aromatic carbocycles. The summed E-state index contributed by atoms with van der Waals surface area (Å²) in [5.74, 6) is 0.714. The summed E-state index contributed by atoms with van der Waals surface area (Å²) in [6.45, 7) is 3.00. The summed E-state index contributed by atoms with van der Waals surface area (Å²) >= 11 is 0. The molecular formula is C12H17NO. The van der Waals surface area contributed by atoms with E-state index in [0.717, 1.165) is 13.1 Å². The molecule has 1 aliphatic rings. The van der Waals surface area contributed by atoms with Crippen LogP contribution in [-0.4, -0.2) is 20.2 Å². The fourth-order valence-corrected chi connectivity index (χ4v) is 1.99. The topological polar surface area (TPSA) is 21.3 Å². The number of methoxy groups -OCH3 is 1. The average molecular weight is 191 g/mol. The highest BCUT2D eigenvalue weighted by molar-refractivity contribution is 5.26. The van der Waals surface area contributed by atoms with Crippen molar-refractivity contribution in [2.24, 2.45) is 0 Å². The Balaban J connectivity index is 2.05. The Morgan fingerprint density at radius 1 is 1.36 bits per heavy atom. The van der Waals surface area contributed by atoms with Gasteiger partial charge < -0.3 is 10.1 Å². The van der Waals surface area contributed by atoms with Crippen molar-refractivity contribution in [1.29, 1.82) is 0 Å². The summed E-state index contributed by atoms with van der Waals surface area (Å²) in [4.78, 5) is 0. The van der Waals surface area contributed by atoms with Crippen LogP contribution >= 0.6 is 0 Å². The van der Waals surface area contributed by atoms with Crippen LogP contribution in [0.25, 0.3) is 0 Å². The van der Waals surface area contributed by atoms with Gasteiger partial charge in [0.15, 0.2) is 0 Å². The Hall–Kier alpha value is -0.860. The van der Waals surface area contributed by atoms with Crippen molar-refractivity contribution < 1.29 is 4.74 Å². The largest absolute Gasteiger partial charge is 0.380 e. The molecule has 0 aromatic heterocycles. The Morgan fingerprint density at radius 2 is 2.14 bits per heavy atom. The van der Waals surface area contributed by atoms with E-state index < -0.39 is 0 Å². The van der Waals surface area contributed by atoms with Gasteiger partial charge in [-0.3, -0.25) is 0 Å². The fourth-order valence-electron chi connectivity index (χ4n) is 1.99. The molecule has 0 spiro atoms. The van der Waals surface area contributed by atoms with Crippen LogP contribution in [0.3, 0.4) is 0 Å². The molecule has 76 valence electrons. The predicted molar refractivity (Wildman–Crippen MR) is 57.4 cm³/mol. The molecule has 2 rings (SSSR count). The molecule has 0 saturated carbocycles. The lowest BCUT2D eigenvalue weighted by molar-refractivity contribution is 0.185. The summed E-state index contributed by atoms with van der Waals surface area (Å²) < 4.78 is 5.08. The number of benzene rings is 1. The van der Waals surface area contributed by atoms with Crippen molar-refractivity contribution >= 4 is 0 Å². The van der Waals surface area contributed by atoms with Crippen LogP contribution in [0.15, 0.2) is 24.3 Å². The number of ether oxygens (including phenoxy) is 1. The van der Waals surface area contributed by atoms with Gasteiger partial charge >= 0.3 is 0 Å². The van der Waals surface area contributed by atoms with Crippen LogP contribution in [-0.2, 0) is 11.3 Å². The maximum Gasteiger partial charge on any atom is 0.0713 e. The third kappa shape index (κ3) is 2.14. The van der Waals surface area contributed by atoms with E-state index in [1.807, 2.05) is 0 Å². The highest BCUT2D eigenvalue weighted by Gasteiger charge is 2.15. The first-order valence-electron chi connectivity index (χ1n) is 5.18. The molecule has 0 bridgehead atoms. The van der Waals surface area contributed by atoms with Gasteiger partial charge in [0.1, 0.15) is 0 Å². The van der Waals surface area contributed by atoms with Gasteiger partial charge in [-0.25, -0.2) is 0 Å². The van der Waals surface area contributed by atoms with E-state index in [9.17, 15) is 0 Å². The van der Waals surface area contributed by atoms with Crippen molar-refractivity contribution in [3.8, 4) is 0 Å². The van der Waals surface area contributed by atoms with Gasteiger partial charge in [-0.05, 0) is 30.0 Å².